The van der Waals surface area contributed by atoms with Crippen LogP contribution in [0.2, 0.25) is 0 Å². The molecule has 3 amide bonds. The Kier molecular flexibility index (Phi) is 3.89. The molecule has 2 aliphatic rings. The summed E-state index contributed by atoms with van der Waals surface area (Å²) in [5.74, 6) is -1.78. The van der Waals surface area contributed by atoms with Crippen molar-refractivity contribution in [2.24, 2.45) is 11.7 Å². The van der Waals surface area contributed by atoms with Crippen molar-refractivity contribution in [3.63, 3.8) is 0 Å². The van der Waals surface area contributed by atoms with Gasteiger partial charge in [0.1, 0.15) is 0 Å². The Labute approximate surface area is 110 Å². The van der Waals surface area contributed by atoms with Crippen LogP contribution in [-0.2, 0) is 14.3 Å². The van der Waals surface area contributed by atoms with Gasteiger partial charge in [0, 0.05) is 19.6 Å². The fourth-order valence-corrected chi connectivity index (χ4v) is 2.34. The van der Waals surface area contributed by atoms with Crippen molar-refractivity contribution in [1.29, 1.82) is 0 Å². The quantitative estimate of drug-likeness (QED) is 0.648. The van der Waals surface area contributed by atoms with Crippen LogP contribution in [0.25, 0.3) is 0 Å². The fourth-order valence-electron chi connectivity index (χ4n) is 2.34. The van der Waals surface area contributed by atoms with E-state index < -0.39 is 18.0 Å². The largest absolute Gasteiger partial charge is 0.479 e. The maximum Gasteiger partial charge on any atom is 0.334 e. The number of urea groups is 1. The molecule has 0 aromatic rings. The summed E-state index contributed by atoms with van der Waals surface area (Å²) in [4.78, 5) is 37.1. The first kappa shape index (κ1) is 13.6. The molecule has 2 fully saturated rings. The molecule has 0 aromatic heterocycles. The van der Waals surface area contributed by atoms with Crippen molar-refractivity contribution in [3.05, 3.63) is 0 Å². The van der Waals surface area contributed by atoms with E-state index in [4.69, 9.17) is 15.6 Å². The summed E-state index contributed by atoms with van der Waals surface area (Å²) in [7, 11) is 0. The summed E-state index contributed by atoms with van der Waals surface area (Å²) in [5.41, 5.74) is 5.21. The number of carbonyl (C=O) groups is 3. The fraction of sp³-hybridized carbons (Fsp3) is 0.727. The van der Waals surface area contributed by atoms with Crippen LogP contribution in [0, 0.1) is 5.92 Å². The molecule has 0 radical (unpaired) electrons. The lowest BCUT2D eigenvalue weighted by Gasteiger charge is -2.33. The van der Waals surface area contributed by atoms with Gasteiger partial charge >= 0.3 is 12.0 Å². The molecule has 2 atom stereocenters. The van der Waals surface area contributed by atoms with Crippen LogP contribution < -0.4 is 5.73 Å². The topological polar surface area (TPSA) is 113 Å². The van der Waals surface area contributed by atoms with E-state index in [9.17, 15) is 14.4 Å². The molecular weight excluding hydrogens is 254 g/mol. The molecule has 2 unspecified atom stereocenters. The number of nitrogens with zero attached hydrogens (tertiary/aromatic N) is 2. The lowest BCUT2D eigenvalue weighted by atomic mass is 10.1. The number of aliphatic carboxylic acids is 1. The molecule has 106 valence electrons. The maximum absolute atomic E-state index is 12.2. The van der Waals surface area contributed by atoms with Crippen molar-refractivity contribution in [1.82, 2.24) is 9.80 Å². The standard InChI is InChI=1S/C11H17N3O5/c12-9(15)7-1-2-13(5-7)11(18)14-3-4-19-8(6-14)10(16)17/h7-8H,1-6H2,(H2,12,15)(H,16,17). The van der Waals surface area contributed by atoms with Crippen LogP contribution in [-0.4, -0.2) is 71.7 Å². The average molecular weight is 271 g/mol. The number of primary amides is 1. The van der Waals surface area contributed by atoms with Crippen molar-refractivity contribution < 1.29 is 24.2 Å². The third-order valence-electron chi connectivity index (χ3n) is 3.47. The minimum Gasteiger partial charge on any atom is -0.479 e. The summed E-state index contributed by atoms with van der Waals surface area (Å²) >= 11 is 0. The number of morpholine rings is 1. The summed E-state index contributed by atoms with van der Waals surface area (Å²) < 4.78 is 5.06. The molecule has 2 rings (SSSR count). The highest BCUT2D eigenvalue weighted by Gasteiger charge is 2.35. The van der Waals surface area contributed by atoms with Gasteiger partial charge < -0.3 is 25.4 Å². The normalized spacial score (nSPS) is 27.4. The number of rotatable bonds is 2. The van der Waals surface area contributed by atoms with Gasteiger partial charge in [-0.2, -0.15) is 0 Å². The molecule has 19 heavy (non-hydrogen) atoms. The van der Waals surface area contributed by atoms with Gasteiger partial charge in [0.25, 0.3) is 0 Å². The molecule has 2 heterocycles. The predicted molar refractivity (Wildman–Crippen MR) is 63.2 cm³/mol. The van der Waals surface area contributed by atoms with E-state index in [1.807, 2.05) is 0 Å². The maximum atomic E-state index is 12.2. The summed E-state index contributed by atoms with van der Waals surface area (Å²) in [6.07, 6.45) is -0.416. The third-order valence-corrected chi connectivity index (χ3v) is 3.47. The Morgan fingerprint density at radius 2 is 1.84 bits per heavy atom. The number of hydrogen-bond donors (Lipinski definition) is 2. The van der Waals surface area contributed by atoms with Crippen molar-refractivity contribution >= 4 is 17.9 Å². The van der Waals surface area contributed by atoms with Crippen LogP contribution in [0.15, 0.2) is 0 Å². The second-order valence-corrected chi connectivity index (χ2v) is 4.76. The number of carboxylic acids is 1. The van der Waals surface area contributed by atoms with Gasteiger partial charge in [0.05, 0.1) is 19.1 Å². The van der Waals surface area contributed by atoms with Gasteiger partial charge in [-0.05, 0) is 6.42 Å². The molecule has 0 saturated carbocycles. The summed E-state index contributed by atoms with van der Waals surface area (Å²) in [6.45, 7) is 1.38. The summed E-state index contributed by atoms with van der Waals surface area (Å²) in [6, 6.07) is -0.252. The molecular formula is C11H17N3O5. The smallest absolute Gasteiger partial charge is 0.334 e. The predicted octanol–water partition coefficient (Wildman–Crippen LogP) is -1.30. The molecule has 0 aliphatic carbocycles. The van der Waals surface area contributed by atoms with E-state index >= 15 is 0 Å². The van der Waals surface area contributed by atoms with Crippen LogP contribution in [0.5, 0.6) is 0 Å². The second kappa shape index (κ2) is 5.43. The minimum atomic E-state index is -1.08. The number of carbonyl (C=O) groups excluding carboxylic acids is 2. The zero-order valence-electron chi connectivity index (χ0n) is 10.4. The van der Waals surface area contributed by atoms with Crippen LogP contribution >= 0.6 is 0 Å². The van der Waals surface area contributed by atoms with E-state index in [2.05, 4.69) is 0 Å². The van der Waals surface area contributed by atoms with Crippen molar-refractivity contribution in [2.45, 2.75) is 12.5 Å². The van der Waals surface area contributed by atoms with E-state index in [1.54, 1.807) is 4.90 Å². The Morgan fingerprint density at radius 3 is 2.42 bits per heavy atom. The van der Waals surface area contributed by atoms with Gasteiger partial charge in [0.15, 0.2) is 6.10 Å². The Hall–Kier alpha value is -1.83. The molecule has 8 nitrogen and oxygen atoms in total. The number of amides is 3. The molecule has 2 aliphatic heterocycles. The third kappa shape index (κ3) is 2.95. The average Bonchev–Trinajstić information content (AvgIpc) is 2.87. The second-order valence-electron chi connectivity index (χ2n) is 4.76. The Morgan fingerprint density at radius 1 is 1.16 bits per heavy atom. The highest BCUT2D eigenvalue weighted by Crippen LogP contribution is 2.18. The SMILES string of the molecule is NC(=O)C1CCN(C(=O)N2CCOC(C(=O)O)C2)C1. The Balaban J connectivity index is 1.93. The minimum absolute atomic E-state index is 0.0336. The lowest BCUT2D eigenvalue weighted by Crippen LogP contribution is -2.52. The van der Waals surface area contributed by atoms with Gasteiger partial charge in [-0.15, -0.1) is 0 Å². The first-order chi connectivity index (χ1) is 8.99. The summed E-state index contributed by atoms with van der Waals surface area (Å²) in [5, 5.41) is 8.88. The van der Waals surface area contributed by atoms with E-state index in [1.165, 1.54) is 4.90 Å². The van der Waals surface area contributed by atoms with Crippen LogP contribution in [0.4, 0.5) is 4.79 Å². The molecule has 0 bridgehead atoms. The number of likely N-dealkylation sites (tertiary alicyclic amines) is 1. The number of hydrogen-bond acceptors (Lipinski definition) is 4. The van der Waals surface area contributed by atoms with Crippen molar-refractivity contribution in [3.8, 4) is 0 Å². The molecule has 0 aromatic carbocycles. The van der Waals surface area contributed by atoms with Gasteiger partial charge in [0.2, 0.25) is 5.91 Å². The van der Waals surface area contributed by atoms with Gasteiger partial charge in [-0.25, -0.2) is 9.59 Å². The van der Waals surface area contributed by atoms with Crippen LogP contribution in [0.1, 0.15) is 6.42 Å². The highest BCUT2D eigenvalue weighted by molar-refractivity contribution is 5.81. The molecule has 2 saturated heterocycles. The first-order valence-electron chi connectivity index (χ1n) is 6.16. The number of ether oxygens (including phenoxy) is 1. The van der Waals surface area contributed by atoms with Crippen molar-refractivity contribution in [2.75, 3.05) is 32.8 Å². The molecule has 8 heteroatoms. The number of carboxylic acid groups (broad SMARTS) is 1. The van der Waals surface area contributed by atoms with Gasteiger partial charge in [-0.3, -0.25) is 4.79 Å². The van der Waals surface area contributed by atoms with E-state index in [0.29, 0.717) is 26.1 Å². The Bertz CT molecular complexity index is 400. The van der Waals surface area contributed by atoms with E-state index in [-0.39, 0.29) is 25.1 Å². The van der Waals surface area contributed by atoms with Gasteiger partial charge in [-0.1, -0.05) is 0 Å². The monoisotopic (exact) mass is 271 g/mol. The van der Waals surface area contributed by atoms with E-state index in [0.717, 1.165) is 0 Å². The zero-order chi connectivity index (χ0) is 14.0. The zero-order valence-corrected chi connectivity index (χ0v) is 10.4. The molecule has 0 spiro atoms. The number of nitrogens with two attached hydrogens (primary N) is 1. The first-order valence-corrected chi connectivity index (χ1v) is 6.16. The molecule has 3 N–H and O–H groups in total. The lowest BCUT2D eigenvalue weighted by molar-refractivity contribution is -0.154. The van der Waals surface area contributed by atoms with Crippen LogP contribution in [0.3, 0.4) is 0 Å². The highest BCUT2D eigenvalue weighted by atomic mass is 16.5.